The van der Waals surface area contributed by atoms with Gasteiger partial charge in [0.1, 0.15) is 12.0 Å². The van der Waals surface area contributed by atoms with E-state index in [1.807, 2.05) is 18.2 Å². The zero-order chi connectivity index (χ0) is 18.6. The Morgan fingerprint density at radius 2 is 2.00 bits per heavy atom. The van der Waals surface area contributed by atoms with Crippen LogP contribution in [0.4, 0.5) is 14.5 Å². The Labute approximate surface area is 153 Å². The number of benzene rings is 1. The topological polar surface area (TPSA) is 80.4 Å². The van der Waals surface area contributed by atoms with E-state index in [9.17, 15) is 8.78 Å². The van der Waals surface area contributed by atoms with Gasteiger partial charge in [-0.3, -0.25) is 4.90 Å². The molecule has 0 spiro atoms. The van der Waals surface area contributed by atoms with E-state index in [0.717, 1.165) is 37.6 Å². The predicted octanol–water partition coefficient (Wildman–Crippen LogP) is 1.98. The summed E-state index contributed by atoms with van der Waals surface area (Å²) in [6.45, 7) is 3.41. The molecule has 1 aromatic carbocycles. The minimum Gasteiger partial charge on any atom is -0.471 e. The van der Waals surface area contributed by atoms with Crippen molar-refractivity contribution in [1.82, 2.24) is 25.2 Å². The molecular formula is C17H18F2N6O2. The normalized spacial score (nSPS) is 15.6. The van der Waals surface area contributed by atoms with Gasteiger partial charge in [0.2, 0.25) is 5.88 Å². The number of hydrogen-bond donors (Lipinski definition) is 0. The first-order chi connectivity index (χ1) is 13.2. The second-order valence-electron chi connectivity index (χ2n) is 6.24. The van der Waals surface area contributed by atoms with Crippen LogP contribution in [0.1, 0.15) is 5.69 Å². The zero-order valence-electron chi connectivity index (χ0n) is 14.5. The fourth-order valence-corrected chi connectivity index (χ4v) is 3.12. The van der Waals surface area contributed by atoms with Crippen LogP contribution < -0.4 is 9.64 Å². The summed E-state index contributed by atoms with van der Waals surface area (Å²) in [6, 6.07) is 5.73. The molecular weight excluding hydrogens is 358 g/mol. The first-order valence-electron chi connectivity index (χ1n) is 8.58. The minimum absolute atomic E-state index is 0.180. The molecule has 0 amide bonds. The molecule has 0 bridgehead atoms. The van der Waals surface area contributed by atoms with Crippen LogP contribution in [0.2, 0.25) is 0 Å². The predicted molar refractivity (Wildman–Crippen MR) is 92.8 cm³/mol. The summed E-state index contributed by atoms with van der Waals surface area (Å²) in [4.78, 5) is 12.7. The number of hydrogen-bond acceptors (Lipinski definition) is 8. The maximum Gasteiger partial charge on any atom is 0.272 e. The van der Waals surface area contributed by atoms with Crippen molar-refractivity contribution in [3.05, 3.63) is 36.4 Å². The second-order valence-corrected chi connectivity index (χ2v) is 6.24. The zero-order valence-corrected chi connectivity index (χ0v) is 14.5. The fourth-order valence-electron chi connectivity index (χ4n) is 3.12. The Morgan fingerprint density at radius 1 is 1.15 bits per heavy atom. The Hall–Kier alpha value is -2.88. The van der Waals surface area contributed by atoms with Gasteiger partial charge in [0, 0.05) is 38.4 Å². The maximum absolute atomic E-state index is 12.5. The molecule has 1 aliphatic rings. The molecule has 0 aliphatic carbocycles. The summed E-state index contributed by atoms with van der Waals surface area (Å²) in [6.07, 6.45) is 0.392. The van der Waals surface area contributed by atoms with Gasteiger partial charge in [-0.1, -0.05) is 10.3 Å². The summed E-state index contributed by atoms with van der Waals surface area (Å²) in [5.74, 6) is 0.180. The number of anilines is 1. The Morgan fingerprint density at radius 3 is 2.74 bits per heavy atom. The fraction of sp³-hybridized carbons (Fsp3) is 0.412. The molecule has 27 heavy (non-hydrogen) atoms. The highest BCUT2D eigenvalue weighted by atomic mass is 19.3. The lowest BCUT2D eigenvalue weighted by atomic mass is 10.2. The monoisotopic (exact) mass is 376 g/mol. The highest BCUT2D eigenvalue weighted by Crippen LogP contribution is 2.27. The highest BCUT2D eigenvalue weighted by molar-refractivity contribution is 5.86. The number of ether oxygens (including phenoxy) is 1. The molecule has 142 valence electrons. The Balaban J connectivity index is 1.46. The molecule has 0 radical (unpaired) electrons. The molecule has 1 fully saturated rings. The summed E-state index contributed by atoms with van der Waals surface area (Å²) in [5, 5.41) is 8.09. The van der Waals surface area contributed by atoms with Gasteiger partial charge in [0.25, 0.3) is 6.43 Å². The van der Waals surface area contributed by atoms with Crippen molar-refractivity contribution >= 4 is 16.6 Å². The molecule has 0 saturated carbocycles. The van der Waals surface area contributed by atoms with Gasteiger partial charge < -0.3 is 9.64 Å². The van der Waals surface area contributed by atoms with Crippen molar-refractivity contribution in [3.8, 4) is 5.88 Å². The summed E-state index contributed by atoms with van der Waals surface area (Å²) < 4.78 is 34.7. The second kappa shape index (κ2) is 7.78. The van der Waals surface area contributed by atoms with Gasteiger partial charge in [-0.25, -0.2) is 23.4 Å². The number of aromatic nitrogens is 4. The van der Waals surface area contributed by atoms with Crippen LogP contribution in [-0.2, 0) is 6.54 Å². The number of rotatable bonds is 6. The molecule has 3 heterocycles. The van der Waals surface area contributed by atoms with E-state index in [4.69, 9.17) is 4.74 Å². The smallest absolute Gasteiger partial charge is 0.272 e. The molecule has 3 aromatic rings. The van der Waals surface area contributed by atoms with Crippen LogP contribution in [0.3, 0.4) is 0 Å². The van der Waals surface area contributed by atoms with Gasteiger partial charge in [-0.2, -0.15) is 0 Å². The van der Waals surface area contributed by atoms with Crippen molar-refractivity contribution in [2.24, 2.45) is 0 Å². The molecule has 1 aliphatic heterocycles. The van der Waals surface area contributed by atoms with Crippen LogP contribution in [0.25, 0.3) is 10.9 Å². The van der Waals surface area contributed by atoms with Gasteiger partial charge in [-0.05, 0) is 18.2 Å². The van der Waals surface area contributed by atoms with Crippen molar-refractivity contribution in [1.29, 1.82) is 0 Å². The average Bonchev–Trinajstić information content (AvgIpc) is 3.19. The number of fused-ring (bicyclic) bond motifs is 1. The van der Waals surface area contributed by atoms with E-state index < -0.39 is 13.0 Å². The average molecular weight is 376 g/mol. The number of nitrogens with zero attached hydrogens (tertiary/aromatic N) is 6. The SMILES string of the molecule is FC(F)COc1ncnc2ccc(N3CCN(Cc4cnon4)CC3)cc12. The third-order valence-electron chi connectivity index (χ3n) is 4.46. The summed E-state index contributed by atoms with van der Waals surface area (Å²) >= 11 is 0. The van der Waals surface area contributed by atoms with E-state index >= 15 is 0 Å². The van der Waals surface area contributed by atoms with E-state index in [1.165, 1.54) is 6.33 Å². The summed E-state index contributed by atoms with van der Waals surface area (Å²) in [5.41, 5.74) is 2.46. The standard InChI is InChI=1S/C17H18F2N6O2/c18-16(19)10-26-17-14-7-13(1-2-15(14)20-11-21-17)25-5-3-24(4-6-25)9-12-8-22-27-23-12/h1-2,7-8,11,16H,3-6,9-10H2. The molecule has 1 saturated heterocycles. The minimum atomic E-state index is -2.55. The lowest BCUT2D eigenvalue weighted by molar-refractivity contribution is 0.0804. The highest BCUT2D eigenvalue weighted by Gasteiger charge is 2.19. The van der Waals surface area contributed by atoms with Crippen molar-refractivity contribution in [2.75, 3.05) is 37.7 Å². The molecule has 4 rings (SSSR count). The van der Waals surface area contributed by atoms with E-state index in [0.29, 0.717) is 17.4 Å². The Kier molecular flexibility index (Phi) is 5.05. The first-order valence-corrected chi connectivity index (χ1v) is 8.58. The van der Waals surface area contributed by atoms with Crippen LogP contribution in [0.5, 0.6) is 5.88 Å². The van der Waals surface area contributed by atoms with Gasteiger partial charge >= 0.3 is 0 Å². The summed E-state index contributed by atoms with van der Waals surface area (Å²) in [7, 11) is 0. The molecule has 2 aromatic heterocycles. The lowest BCUT2D eigenvalue weighted by Gasteiger charge is -2.35. The van der Waals surface area contributed by atoms with Crippen molar-refractivity contribution < 1.29 is 18.1 Å². The maximum atomic E-state index is 12.5. The number of alkyl halides is 2. The largest absolute Gasteiger partial charge is 0.471 e. The Bertz CT molecular complexity index is 884. The molecule has 10 heteroatoms. The van der Waals surface area contributed by atoms with Crippen molar-refractivity contribution in [3.63, 3.8) is 0 Å². The van der Waals surface area contributed by atoms with Crippen LogP contribution in [0, 0.1) is 0 Å². The van der Waals surface area contributed by atoms with Gasteiger partial charge in [0.05, 0.1) is 17.1 Å². The van der Waals surface area contributed by atoms with E-state index in [2.05, 4.69) is 34.7 Å². The van der Waals surface area contributed by atoms with E-state index in [1.54, 1.807) is 6.20 Å². The van der Waals surface area contributed by atoms with Gasteiger partial charge in [0.15, 0.2) is 6.61 Å². The van der Waals surface area contributed by atoms with Crippen LogP contribution in [0.15, 0.2) is 35.4 Å². The molecule has 0 unspecified atom stereocenters. The molecule has 8 nitrogen and oxygen atoms in total. The molecule has 0 N–H and O–H groups in total. The quantitative estimate of drug-likeness (QED) is 0.646. The van der Waals surface area contributed by atoms with E-state index in [-0.39, 0.29) is 5.88 Å². The third-order valence-corrected chi connectivity index (χ3v) is 4.46. The van der Waals surface area contributed by atoms with Crippen LogP contribution in [-0.4, -0.2) is 64.4 Å². The third kappa shape index (κ3) is 4.11. The van der Waals surface area contributed by atoms with Crippen LogP contribution >= 0.6 is 0 Å². The molecule has 0 atom stereocenters. The lowest BCUT2D eigenvalue weighted by Crippen LogP contribution is -2.46. The number of piperazine rings is 1. The van der Waals surface area contributed by atoms with Gasteiger partial charge in [-0.15, -0.1) is 0 Å². The van der Waals surface area contributed by atoms with Crippen molar-refractivity contribution in [2.45, 2.75) is 13.0 Å². The number of halogens is 2. The first kappa shape index (κ1) is 17.5.